The van der Waals surface area contributed by atoms with E-state index in [-0.39, 0.29) is 5.91 Å². The number of carbonyl (C=O) groups excluding carboxylic acids is 1. The van der Waals surface area contributed by atoms with E-state index in [1.54, 1.807) is 12.5 Å². The Bertz CT molecular complexity index is 586. The average molecular weight is 358 g/mol. The molecule has 5 atom stereocenters. The van der Waals surface area contributed by atoms with Crippen LogP contribution in [-0.4, -0.2) is 64.9 Å². The number of piperidine rings is 4. The first kappa shape index (κ1) is 17.2. The summed E-state index contributed by atoms with van der Waals surface area (Å²) in [4.78, 5) is 19.8. The van der Waals surface area contributed by atoms with Gasteiger partial charge in [-0.05, 0) is 75.4 Å². The predicted molar refractivity (Wildman–Crippen MR) is 104 cm³/mol. The van der Waals surface area contributed by atoms with Gasteiger partial charge >= 0.3 is 0 Å². The van der Waals surface area contributed by atoms with E-state index in [1.165, 1.54) is 71.0 Å². The zero-order valence-electron chi connectivity index (χ0n) is 16.4. The van der Waals surface area contributed by atoms with Crippen molar-refractivity contribution in [3.05, 3.63) is 11.8 Å². The first-order chi connectivity index (χ1) is 12.7. The maximum absolute atomic E-state index is 12.0. The summed E-state index contributed by atoms with van der Waals surface area (Å²) in [5.41, 5.74) is 1.58. The second-order valence-electron chi connectivity index (χ2n) is 9.48. The van der Waals surface area contributed by atoms with E-state index in [4.69, 9.17) is 0 Å². The Kier molecular flexibility index (Phi) is 4.60. The van der Waals surface area contributed by atoms with Crippen molar-refractivity contribution in [2.75, 3.05) is 26.2 Å². The molecule has 26 heavy (non-hydrogen) atoms. The molecule has 0 aliphatic carbocycles. The molecule has 0 saturated carbocycles. The third kappa shape index (κ3) is 2.84. The number of carbonyl (C=O) groups is 1. The standard InChI is InChI=1S/C22H35N3O/c1-16(26)23-11-6-7-17(14-23)22-19-13-18(20-8-3-5-12-25(20)22)15-24-10-4-2-9-21(19)24/h14,18-22H,2-13,15H2,1H3/t18-,19-,20?,21?,22-/m1/s1. The monoisotopic (exact) mass is 357 g/mol. The zero-order valence-corrected chi connectivity index (χ0v) is 16.4. The largest absolute Gasteiger partial charge is 0.319 e. The molecule has 5 heterocycles. The van der Waals surface area contributed by atoms with Crippen molar-refractivity contribution < 1.29 is 4.79 Å². The van der Waals surface area contributed by atoms with Crippen molar-refractivity contribution in [2.24, 2.45) is 11.8 Å². The van der Waals surface area contributed by atoms with Crippen LogP contribution in [-0.2, 0) is 4.79 Å². The van der Waals surface area contributed by atoms with Crippen molar-refractivity contribution >= 4 is 5.91 Å². The van der Waals surface area contributed by atoms with Gasteiger partial charge in [0.15, 0.2) is 0 Å². The highest BCUT2D eigenvalue weighted by Gasteiger charge is 2.52. The van der Waals surface area contributed by atoms with E-state index in [2.05, 4.69) is 16.0 Å². The second kappa shape index (κ2) is 6.94. The lowest BCUT2D eigenvalue weighted by atomic mass is 9.65. The molecule has 4 nitrogen and oxygen atoms in total. The number of nitrogens with zero attached hydrogens (tertiary/aromatic N) is 3. The van der Waals surface area contributed by atoms with Crippen LogP contribution in [0.15, 0.2) is 11.8 Å². The minimum absolute atomic E-state index is 0.217. The zero-order chi connectivity index (χ0) is 17.7. The van der Waals surface area contributed by atoms with E-state index in [0.717, 1.165) is 36.9 Å². The van der Waals surface area contributed by atoms with Crippen molar-refractivity contribution in [3.63, 3.8) is 0 Å². The summed E-state index contributed by atoms with van der Waals surface area (Å²) in [6, 6.07) is 2.19. The van der Waals surface area contributed by atoms with E-state index < -0.39 is 0 Å². The highest BCUT2D eigenvalue weighted by molar-refractivity contribution is 5.74. The Morgan fingerprint density at radius 3 is 2.65 bits per heavy atom. The summed E-state index contributed by atoms with van der Waals surface area (Å²) in [7, 11) is 0. The number of hydrogen-bond donors (Lipinski definition) is 0. The Balaban J connectivity index is 1.51. The normalized spacial score (nSPS) is 41.2. The second-order valence-corrected chi connectivity index (χ2v) is 9.48. The summed E-state index contributed by atoms with van der Waals surface area (Å²) >= 11 is 0. The van der Waals surface area contributed by atoms with Gasteiger partial charge in [-0.15, -0.1) is 0 Å². The molecular weight excluding hydrogens is 322 g/mol. The van der Waals surface area contributed by atoms with Gasteiger partial charge in [0.1, 0.15) is 0 Å². The van der Waals surface area contributed by atoms with Crippen LogP contribution in [0.4, 0.5) is 0 Å². The molecule has 4 heteroatoms. The van der Waals surface area contributed by atoms with Crippen LogP contribution in [0.5, 0.6) is 0 Å². The lowest BCUT2D eigenvalue weighted by Crippen LogP contribution is -2.67. The summed E-state index contributed by atoms with van der Waals surface area (Å²) < 4.78 is 0. The molecule has 0 aromatic heterocycles. The molecule has 0 aromatic rings. The fraction of sp³-hybridized carbons (Fsp3) is 0.864. The molecule has 0 radical (unpaired) electrons. The van der Waals surface area contributed by atoms with Gasteiger partial charge in [-0.2, -0.15) is 0 Å². The van der Waals surface area contributed by atoms with Gasteiger partial charge in [0.05, 0.1) is 0 Å². The highest BCUT2D eigenvalue weighted by Crippen LogP contribution is 2.48. The quantitative estimate of drug-likeness (QED) is 0.721. The van der Waals surface area contributed by atoms with Crippen LogP contribution >= 0.6 is 0 Å². The first-order valence-electron chi connectivity index (χ1n) is 11.2. The van der Waals surface area contributed by atoms with Crippen molar-refractivity contribution in [1.29, 1.82) is 0 Å². The maximum Gasteiger partial charge on any atom is 0.223 e. The molecule has 1 amide bonds. The van der Waals surface area contributed by atoms with Crippen molar-refractivity contribution in [2.45, 2.75) is 82.8 Å². The molecule has 0 aromatic carbocycles. The van der Waals surface area contributed by atoms with Crippen LogP contribution in [0, 0.1) is 11.8 Å². The molecular formula is C22H35N3O. The van der Waals surface area contributed by atoms with Gasteiger partial charge in [0.2, 0.25) is 5.91 Å². The summed E-state index contributed by atoms with van der Waals surface area (Å²) in [6.45, 7) is 6.61. The molecule has 4 fully saturated rings. The molecule has 5 aliphatic heterocycles. The minimum atomic E-state index is 0.217. The lowest BCUT2D eigenvalue weighted by molar-refractivity contribution is -0.127. The summed E-state index contributed by atoms with van der Waals surface area (Å²) in [6.07, 6.45) is 14.4. The van der Waals surface area contributed by atoms with Crippen LogP contribution in [0.2, 0.25) is 0 Å². The van der Waals surface area contributed by atoms with E-state index in [0.29, 0.717) is 6.04 Å². The number of amides is 1. The molecule has 0 spiro atoms. The van der Waals surface area contributed by atoms with Crippen molar-refractivity contribution in [3.8, 4) is 0 Å². The van der Waals surface area contributed by atoms with Gasteiger partial charge in [-0.3, -0.25) is 14.6 Å². The Labute approximate surface area is 158 Å². The number of fused-ring (bicyclic) bond motifs is 6. The van der Waals surface area contributed by atoms with Crippen LogP contribution in [0.3, 0.4) is 0 Å². The number of rotatable bonds is 1. The summed E-state index contributed by atoms with van der Waals surface area (Å²) in [5.74, 6) is 1.90. The fourth-order valence-electron chi connectivity index (χ4n) is 7.05. The Morgan fingerprint density at radius 1 is 1.00 bits per heavy atom. The van der Waals surface area contributed by atoms with Crippen LogP contribution in [0.1, 0.15) is 64.7 Å². The topological polar surface area (TPSA) is 26.8 Å². The van der Waals surface area contributed by atoms with Crippen LogP contribution < -0.4 is 0 Å². The minimum Gasteiger partial charge on any atom is -0.319 e. The molecule has 5 aliphatic rings. The Hall–Kier alpha value is -0.870. The van der Waals surface area contributed by atoms with E-state index in [9.17, 15) is 4.79 Å². The number of hydrogen-bond acceptors (Lipinski definition) is 3. The van der Waals surface area contributed by atoms with Crippen LogP contribution in [0.25, 0.3) is 0 Å². The molecule has 2 unspecified atom stereocenters. The van der Waals surface area contributed by atoms with Gasteiger partial charge in [-0.1, -0.05) is 12.8 Å². The molecule has 0 N–H and O–H groups in total. The fourth-order valence-corrected chi connectivity index (χ4v) is 7.05. The molecule has 144 valence electrons. The van der Waals surface area contributed by atoms with Gasteiger partial charge in [0.25, 0.3) is 0 Å². The molecule has 4 saturated heterocycles. The Morgan fingerprint density at radius 2 is 1.81 bits per heavy atom. The van der Waals surface area contributed by atoms with E-state index in [1.807, 2.05) is 4.90 Å². The lowest BCUT2D eigenvalue weighted by Gasteiger charge is -2.61. The molecule has 5 rings (SSSR count). The van der Waals surface area contributed by atoms with Gasteiger partial charge in [-0.25, -0.2) is 0 Å². The summed E-state index contributed by atoms with van der Waals surface area (Å²) in [5, 5.41) is 0. The van der Waals surface area contributed by atoms with Crippen molar-refractivity contribution in [1.82, 2.24) is 14.7 Å². The highest BCUT2D eigenvalue weighted by atomic mass is 16.2. The first-order valence-corrected chi connectivity index (χ1v) is 11.2. The predicted octanol–water partition coefficient (Wildman–Crippen LogP) is 3.24. The smallest absolute Gasteiger partial charge is 0.223 e. The maximum atomic E-state index is 12.0. The average Bonchev–Trinajstić information content (AvgIpc) is 2.68. The molecule has 2 bridgehead atoms. The van der Waals surface area contributed by atoms with Gasteiger partial charge in [0, 0.05) is 44.3 Å². The third-order valence-corrected chi connectivity index (χ3v) is 8.07. The van der Waals surface area contributed by atoms with Gasteiger partial charge < -0.3 is 4.90 Å². The van der Waals surface area contributed by atoms with E-state index >= 15 is 0 Å². The SMILES string of the molecule is CC(=O)N1C=C([C@@H]2[C@@H]3C[C@H](CN4CCCCC34)C3CCCCN32)CCC1. The third-order valence-electron chi connectivity index (χ3n) is 8.07.